The molecule has 0 rings (SSSR count). The van der Waals surface area contributed by atoms with Crippen LogP contribution in [0.5, 0.6) is 0 Å². The van der Waals surface area contributed by atoms with Crippen LogP contribution < -0.4 is 5.32 Å². The normalized spacial score (nSPS) is 12.0. The second-order valence-electron chi connectivity index (χ2n) is 1.61. The molecule has 0 saturated carbocycles. The quantitative estimate of drug-likeness (QED) is 0.362. The van der Waals surface area contributed by atoms with Gasteiger partial charge in [-0.2, -0.15) is 0 Å². The fraction of sp³-hybridized carbons (Fsp3) is 0.333. The Labute approximate surface area is 59.4 Å². The Bertz CT molecular complexity index is 173. The van der Waals surface area contributed by atoms with Gasteiger partial charge in [-0.25, -0.2) is 0 Å². The summed E-state index contributed by atoms with van der Waals surface area (Å²) in [6, 6.07) is 0. The molecule has 0 aromatic rings. The van der Waals surface area contributed by atoms with Crippen LogP contribution in [0.15, 0.2) is 24.0 Å². The van der Waals surface area contributed by atoms with E-state index in [2.05, 4.69) is 5.32 Å². The molecule has 4 nitrogen and oxygen atoms in total. The monoisotopic (exact) mass is 142 g/mol. The van der Waals surface area contributed by atoms with E-state index < -0.39 is 4.92 Å². The molecule has 0 bridgehead atoms. The fourth-order valence-electron chi connectivity index (χ4n) is 0.480. The van der Waals surface area contributed by atoms with Crippen LogP contribution in [0, 0.1) is 10.1 Å². The Morgan fingerprint density at radius 3 is 2.60 bits per heavy atom. The first-order chi connectivity index (χ1) is 4.72. The summed E-state index contributed by atoms with van der Waals surface area (Å²) in [5, 5.41) is 12.7. The lowest BCUT2D eigenvalue weighted by molar-refractivity contribution is -0.419. The van der Waals surface area contributed by atoms with Gasteiger partial charge in [0.2, 0.25) is 0 Å². The average molecular weight is 142 g/mol. The molecule has 10 heavy (non-hydrogen) atoms. The first kappa shape index (κ1) is 8.68. The molecular formula is C6H10N2O2. The van der Waals surface area contributed by atoms with Gasteiger partial charge < -0.3 is 5.32 Å². The lowest BCUT2D eigenvalue weighted by Crippen LogP contribution is -2.02. The Kier molecular flexibility index (Phi) is 3.95. The van der Waals surface area contributed by atoms with Crippen LogP contribution in [0.2, 0.25) is 0 Å². The summed E-state index contributed by atoms with van der Waals surface area (Å²) in [6.45, 7) is 1.73. The molecule has 0 aliphatic carbocycles. The molecular weight excluding hydrogens is 132 g/mol. The molecule has 0 aromatic heterocycles. The zero-order chi connectivity index (χ0) is 7.98. The molecule has 1 N–H and O–H groups in total. The zero-order valence-corrected chi connectivity index (χ0v) is 6.00. The Morgan fingerprint density at radius 1 is 1.70 bits per heavy atom. The highest BCUT2D eigenvalue weighted by atomic mass is 16.6. The van der Waals surface area contributed by atoms with E-state index in [-0.39, 0.29) is 5.70 Å². The van der Waals surface area contributed by atoms with Gasteiger partial charge in [0.25, 0.3) is 5.70 Å². The van der Waals surface area contributed by atoms with Crippen LogP contribution in [-0.4, -0.2) is 12.0 Å². The van der Waals surface area contributed by atoms with E-state index in [1.54, 1.807) is 20.0 Å². The highest BCUT2D eigenvalue weighted by Gasteiger charge is 2.01. The van der Waals surface area contributed by atoms with Crippen LogP contribution in [0.25, 0.3) is 0 Å². The van der Waals surface area contributed by atoms with Crippen LogP contribution in [-0.2, 0) is 0 Å². The van der Waals surface area contributed by atoms with Gasteiger partial charge in [0.15, 0.2) is 0 Å². The number of allylic oxidation sites excluding steroid dienone is 2. The molecule has 0 fully saturated rings. The maximum Gasteiger partial charge on any atom is 0.284 e. The number of nitro groups is 1. The van der Waals surface area contributed by atoms with E-state index in [0.29, 0.717) is 0 Å². The largest absolute Gasteiger partial charge is 0.388 e. The number of rotatable bonds is 3. The van der Waals surface area contributed by atoms with Crippen LogP contribution >= 0.6 is 0 Å². The molecule has 0 saturated heterocycles. The van der Waals surface area contributed by atoms with Crippen molar-refractivity contribution < 1.29 is 4.92 Å². The maximum atomic E-state index is 10.1. The Balaban J connectivity index is 4.26. The summed E-state index contributed by atoms with van der Waals surface area (Å²) in [5.41, 5.74) is 0.0602. The van der Waals surface area contributed by atoms with E-state index in [9.17, 15) is 10.1 Å². The average Bonchev–Trinajstić information content (AvgIpc) is 1.87. The first-order valence-electron chi connectivity index (χ1n) is 2.87. The summed E-state index contributed by atoms with van der Waals surface area (Å²) in [6.07, 6.45) is 4.38. The molecule has 0 aromatic carbocycles. The van der Waals surface area contributed by atoms with Crippen molar-refractivity contribution in [3.8, 4) is 0 Å². The van der Waals surface area contributed by atoms with Crippen molar-refractivity contribution in [1.29, 1.82) is 0 Å². The van der Waals surface area contributed by atoms with Gasteiger partial charge in [-0.05, 0) is 6.92 Å². The van der Waals surface area contributed by atoms with Gasteiger partial charge in [-0.15, -0.1) is 0 Å². The van der Waals surface area contributed by atoms with Gasteiger partial charge in [-0.3, -0.25) is 10.1 Å². The summed E-state index contributed by atoms with van der Waals surface area (Å²) in [7, 11) is 1.62. The standard InChI is InChI=1S/C6H10N2O2/c1-3-4-6(5-7-2)8(9)10/h3-5,7H,1-2H3/b4-3-,6-5+. The SMILES string of the molecule is C/C=C\C(=C/NC)[N+](=O)[O-]. The van der Waals surface area contributed by atoms with Crippen molar-refractivity contribution >= 4 is 0 Å². The molecule has 0 unspecified atom stereocenters. The predicted octanol–water partition coefficient (Wildman–Crippen LogP) is 0.900. The number of nitrogens with zero attached hydrogens (tertiary/aromatic N) is 1. The molecule has 0 heterocycles. The second-order valence-corrected chi connectivity index (χ2v) is 1.61. The van der Waals surface area contributed by atoms with Crippen molar-refractivity contribution in [2.24, 2.45) is 0 Å². The highest BCUT2D eigenvalue weighted by molar-refractivity contribution is 5.08. The first-order valence-corrected chi connectivity index (χ1v) is 2.87. The van der Waals surface area contributed by atoms with E-state index >= 15 is 0 Å². The predicted molar refractivity (Wildman–Crippen MR) is 39.0 cm³/mol. The minimum Gasteiger partial charge on any atom is -0.388 e. The third-order valence-electron chi connectivity index (χ3n) is 0.840. The van der Waals surface area contributed by atoms with Gasteiger partial charge in [0.05, 0.1) is 11.1 Å². The Hall–Kier alpha value is -1.32. The molecule has 4 heteroatoms. The summed E-state index contributed by atoms with van der Waals surface area (Å²) >= 11 is 0. The molecule has 0 radical (unpaired) electrons. The van der Waals surface area contributed by atoms with Crippen LogP contribution in [0.3, 0.4) is 0 Å². The molecule has 0 aliphatic rings. The molecule has 0 atom stereocenters. The van der Waals surface area contributed by atoms with E-state index in [4.69, 9.17) is 0 Å². The van der Waals surface area contributed by atoms with E-state index in [0.717, 1.165) is 0 Å². The molecule has 56 valence electrons. The third kappa shape index (κ3) is 2.86. The summed E-state index contributed by atoms with van der Waals surface area (Å²) in [5.74, 6) is 0. The lowest BCUT2D eigenvalue weighted by atomic mass is 10.4. The highest BCUT2D eigenvalue weighted by Crippen LogP contribution is 1.94. The second kappa shape index (κ2) is 4.55. The number of nitrogens with one attached hydrogen (secondary N) is 1. The van der Waals surface area contributed by atoms with Gasteiger partial charge in [-0.1, -0.05) is 6.08 Å². The lowest BCUT2D eigenvalue weighted by Gasteiger charge is -1.89. The van der Waals surface area contributed by atoms with Crippen molar-refractivity contribution in [3.63, 3.8) is 0 Å². The third-order valence-corrected chi connectivity index (χ3v) is 0.840. The van der Waals surface area contributed by atoms with Crippen molar-refractivity contribution in [1.82, 2.24) is 5.32 Å². The molecule has 0 aliphatic heterocycles. The van der Waals surface area contributed by atoms with Crippen molar-refractivity contribution in [2.45, 2.75) is 6.92 Å². The smallest absolute Gasteiger partial charge is 0.284 e. The topological polar surface area (TPSA) is 55.2 Å². The molecule has 0 spiro atoms. The van der Waals surface area contributed by atoms with E-state index in [1.165, 1.54) is 12.3 Å². The zero-order valence-electron chi connectivity index (χ0n) is 6.00. The number of hydrogen-bond acceptors (Lipinski definition) is 3. The summed E-state index contributed by atoms with van der Waals surface area (Å²) < 4.78 is 0. The van der Waals surface area contributed by atoms with E-state index in [1.807, 2.05) is 0 Å². The van der Waals surface area contributed by atoms with Gasteiger partial charge >= 0.3 is 0 Å². The Morgan fingerprint density at radius 2 is 2.30 bits per heavy atom. The van der Waals surface area contributed by atoms with Gasteiger partial charge in [0.1, 0.15) is 0 Å². The minimum absolute atomic E-state index is 0.0602. The number of hydrogen-bond donors (Lipinski definition) is 1. The van der Waals surface area contributed by atoms with Crippen LogP contribution in [0.1, 0.15) is 6.92 Å². The van der Waals surface area contributed by atoms with Gasteiger partial charge in [0, 0.05) is 13.1 Å². The van der Waals surface area contributed by atoms with Crippen molar-refractivity contribution in [2.75, 3.05) is 7.05 Å². The minimum atomic E-state index is -0.448. The fourth-order valence-corrected chi connectivity index (χ4v) is 0.480. The van der Waals surface area contributed by atoms with Crippen LogP contribution in [0.4, 0.5) is 0 Å². The van der Waals surface area contributed by atoms with Crippen molar-refractivity contribution in [3.05, 3.63) is 34.2 Å². The molecule has 0 amide bonds. The maximum absolute atomic E-state index is 10.1. The summed E-state index contributed by atoms with van der Waals surface area (Å²) in [4.78, 5) is 9.68.